The van der Waals surface area contributed by atoms with E-state index in [-0.39, 0.29) is 11.8 Å². The Labute approximate surface area is 124 Å². The molecule has 0 aliphatic carbocycles. The first kappa shape index (κ1) is 18.9. The Hall–Kier alpha value is -1.06. The van der Waals surface area contributed by atoms with Gasteiger partial charge in [0.25, 0.3) is 0 Å². The molecule has 0 saturated carbocycles. The molecule has 0 saturated heterocycles. The van der Waals surface area contributed by atoms with E-state index in [0.29, 0.717) is 30.7 Å². The minimum Gasteiger partial charge on any atom is -0.356 e. The molecule has 2 N–H and O–H groups in total. The largest absolute Gasteiger partial charge is 0.356 e. The zero-order chi connectivity index (χ0) is 15.5. The second-order valence-electron chi connectivity index (χ2n) is 6.25. The number of amides is 2. The Morgan fingerprint density at radius 1 is 0.900 bits per heavy atom. The number of carbonyl (C=O) groups excluding carboxylic acids is 2. The van der Waals surface area contributed by atoms with E-state index in [9.17, 15) is 9.59 Å². The van der Waals surface area contributed by atoms with Crippen molar-refractivity contribution in [3.63, 3.8) is 0 Å². The lowest BCUT2D eigenvalue weighted by Gasteiger charge is -2.25. The van der Waals surface area contributed by atoms with Gasteiger partial charge in [-0.2, -0.15) is 0 Å². The van der Waals surface area contributed by atoms with Crippen LogP contribution in [0.25, 0.3) is 0 Å². The lowest BCUT2D eigenvalue weighted by Crippen LogP contribution is -2.33. The standard InChI is InChI=1S/C16H32N2O2/c1-12(2)15(13(3)4)11-18-16(20)9-7-6-8-10-17-14(5)19/h12-13,15H,6-11H2,1-5H3,(H,17,19)(H,18,20). The molecule has 2 amide bonds. The minimum absolute atomic E-state index is 0.0103. The van der Waals surface area contributed by atoms with Crippen molar-refractivity contribution in [1.82, 2.24) is 10.6 Å². The molecule has 20 heavy (non-hydrogen) atoms. The van der Waals surface area contributed by atoms with E-state index in [1.54, 1.807) is 0 Å². The van der Waals surface area contributed by atoms with E-state index in [1.807, 2.05) is 0 Å². The summed E-state index contributed by atoms with van der Waals surface area (Å²) >= 11 is 0. The Kier molecular flexibility index (Phi) is 10.1. The van der Waals surface area contributed by atoms with Gasteiger partial charge in [0, 0.05) is 26.4 Å². The summed E-state index contributed by atoms with van der Waals surface area (Å²) in [5.41, 5.74) is 0. The van der Waals surface area contributed by atoms with Crippen molar-refractivity contribution in [2.75, 3.05) is 13.1 Å². The van der Waals surface area contributed by atoms with Gasteiger partial charge in [-0.25, -0.2) is 0 Å². The summed E-state index contributed by atoms with van der Waals surface area (Å²) in [4.78, 5) is 22.4. The van der Waals surface area contributed by atoms with Crippen LogP contribution < -0.4 is 10.6 Å². The van der Waals surface area contributed by atoms with Crippen LogP contribution in [-0.4, -0.2) is 24.9 Å². The van der Waals surface area contributed by atoms with E-state index >= 15 is 0 Å². The Morgan fingerprint density at radius 2 is 1.50 bits per heavy atom. The Balaban J connectivity index is 3.65. The second kappa shape index (κ2) is 10.7. The van der Waals surface area contributed by atoms with E-state index in [0.717, 1.165) is 25.8 Å². The number of rotatable bonds is 10. The van der Waals surface area contributed by atoms with Crippen molar-refractivity contribution in [1.29, 1.82) is 0 Å². The minimum atomic E-state index is 0.0103. The van der Waals surface area contributed by atoms with Crippen LogP contribution in [0, 0.1) is 17.8 Å². The molecule has 0 aliphatic heterocycles. The van der Waals surface area contributed by atoms with Crippen molar-refractivity contribution >= 4 is 11.8 Å². The molecule has 4 heteroatoms. The quantitative estimate of drug-likeness (QED) is 0.606. The van der Waals surface area contributed by atoms with Crippen LogP contribution in [0.15, 0.2) is 0 Å². The number of carbonyl (C=O) groups is 2. The van der Waals surface area contributed by atoms with Crippen LogP contribution in [0.3, 0.4) is 0 Å². The fourth-order valence-electron chi connectivity index (χ4n) is 2.41. The second-order valence-corrected chi connectivity index (χ2v) is 6.25. The summed E-state index contributed by atoms with van der Waals surface area (Å²) in [6, 6.07) is 0. The summed E-state index contributed by atoms with van der Waals surface area (Å²) in [5.74, 6) is 1.88. The molecule has 118 valence electrons. The highest BCUT2D eigenvalue weighted by molar-refractivity contribution is 5.75. The van der Waals surface area contributed by atoms with Gasteiger partial charge >= 0.3 is 0 Å². The maximum absolute atomic E-state index is 11.8. The first-order valence-corrected chi connectivity index (χ1v) is 7.85. The van der Waals surface area contributed by atoms with Gasteiger partial charge in [0.05, 0.1) is 0 Å². The summed E-state index contributed by atoms with van der Waals surface area (Å²) in [6.07, 6.45) is 3.39. The molecular weight excluding hydrogens is 252 g/mol. The molecule has 0 heterocycles. The topological polar surface area (TPSA) is 58.2 Å². The van der Waals surface area contributed by atoms with Crippen molar-refractivity contribution in [3.8, 4) is 0 Å². The molecule has 0 unspecified atom stereocenters. The molecule has 0 spiro atoms. The van der Waals surface area contributed by atoms with Gasteiger partial charge < -0.3 is 10.6 Å². The molecule has 0 rings (SSSR count). The van der Waals surface area contributed by atoms with E-state index < -0.39 is 0 Å². The zero-order valence-corrected chi connectivity index (χ0v) is 13.8. The molecule has 0 aromatic rings. The number of unbranched alkanes of at least 4 members (excludes halogenated alkanes) is 2. The van der Waals surface area contributed by atoms with Crippen molar-refractivity contribution in [2.45, 2.75) is 60.3 Å². The maximum atomic E-state index is 11.8. The predicted octanol–water partition coefficient (Wildman–Crippen LogP) is 2.73. The highest BCUT2D eigenvalue weighted by Gasteiger charge is 2.17. The van der Waals surface area contributed by atoms with Crippen LogP contribution in [0.5, 0.6) is 0 Å². The third-order valence-corrected chi connectivity index (χ3v) is 3.70. The lowest BCUT2D eigenvalue weighted by atomic mass is 9.85. The van der Waals surface area contributed by atoms with Gasteiger partial charge in [-0.1, -0.05) is 34.1 Å². The zero-order valence-electron chi connectivity index (χ0n) is 13.8. The highest BCUT2D eigenvalue weighted by atomic mass is 16.2. The van der Waals surface area contributed by atoms with Gasteiger partial charge in [0.15, 0.2) is 0 Å². The van der Waals surface area contributed by atoms with E-state index in [1.165, 1.54) is 6.92 Å². The number of nitrogens with one attached hydrogen (secondary N) is 2. The average molecular weight is 284 g/mol. The summed E-state index contributed by atoms with van der Waals surface area (Å²) in [6.45, 7) is 11.8. The molecule has 0 fully saturated rings. The maximum Gasteiger partial charge on any atom is 0.220 e. The third kappa shape index (κ3) is 9.82. The van der Waals surface area contributed by atoms with Gasteiger partial charge in [-0.05, 0) is 30.6 Å². The molecule has 0 aliphatic rings. The molecule has 0 aromatic heterocycles. The van der Waals surface area contributed by atoms with Crippen LogP contribution >= 0.6 is 0 Å². The highest BCUT2D eigenvalue weighted by Crippen LogP contribution is 2.19. The molecule has 0 radical (unpaired) electrons. The number of hydrogen-bond acceptors (Lipinski definition) is 2. The lowest BCUT2D eigenvalue weighted by molar-refractivity contribution is -0.121. The number of hydrogen-bond donors (Lipinski definition) is 2. The fourth-order valence-corrected chi connectivity index (χ4v) is 2.41. The first-order chi connectivity index (χ1) is 9.34. The van der Waals surface area contributed by atoms with Gasteiger partial charge in [-0.3, -0.25) is 9.59 Å². The van der Waals surface area contributed by atoms with Gasteiger partial charge in [0.1, 0.15) is 0 Å². The predicted molar refractivity (Wildman–Crippen MR) is 83.3 cm³/mol. The molecule has 0 atom stereocenters. The molecular formula is C16H32N2O2. The van der Waals surface area contributed by atoms with Crippen LogP contribution in [0.1, 0.15) is 60.3 Å². The fraction of sp³-hybridized carbons (Fsp3) is 0.875. The summed E-state index contributed by atoms with van der Waals surface area (Å²) < 4.78 is 0. The summed E-state index contributed by atoms with van der Waals surface area (Å²) in [7, 11) is 0. The van der Waals surface area contributed by atoms with Crippen LogP contribution in [0.4, 0.5) is 0 Å². The Bertz CT molecular complexity index is 280. The first-order valence-electron chi connectivity index (χ1n) is 7.85. The van der Waals surface area contributed by atoms with Crippen molar-refractivity contribution in [3.05, 3.63) is 0 Å². The summed E-state index contributed by atoms with van der Waals surface area (Å²) in [5, 5.41) is 5.81. The average Bonchev–Trinajstić information content (AvgIpc) is 2.32. The Morgan fingerprint density at radius 3 is 2.00 bits per heavy atom. The van der Waals surface area contributed by atoms with Crippen molar-refractivity contribution < 1.29 is 9.59 Å². The normalized spacial score (nSPS) is 11.2. The van der Waals surface area contributed by atoms with Crippen molar-refractivity contribution in [2.24, 2.45) is 17.8 Å². The van der Waals surface area contributed by atoms with E-state index in [4.69, 9.17) is 0 Å². The molecule has 4 nitrogen and oxygen atoms in total. The van der Waals surface area contributed by atoms with E-state index in [2.05, 4.69) is 38.3 Å². The molecule has 0 bridgehead atoms. The molecule has 0 aromatic carbocycles. The SMILES string of the molecule is CC(=O)NCCCCCC(=O)NCC(C(C)C)C(C)C. The third-order valence-electron chi connectivity index (χ3n) is 3.70. The van der Waals surface area contributed by atoms with Gasteiger partial charge in [-0.15, -0.1) is 0 Å². The van der Waals surface area contributed by atoms with Crippen LogP contribution in [0.2, 0.25) is 0 Å². The monoisotopic (exact) mass is 284 g/mol. The smallest absolute Gasteiger partial charge is 0.220 e. The van der Waals surface area contributed by atoms with Crippen LogP contribution in [-0.2, 0) is 9.59 Å². The van der Waals surface area contributed by atoms with Gasteiger partial charge in [0.2, 0.25) is 11.8 Å².